The van der Waals surface area contributed by atoms with E-state index in [0.717, 1.165) is 55.4 Å². The summed E-state index contributed by atoms with van der Waals surface area (Å²) in [5, 5.41) is 3.22. The zero-order valence-corrected chi connectivity index (χ0v) is 13.1. The summed E-state index contributed by atoms with van der Waals surface area (Å²) in [6.07, 6.45) is -4.29. The molecule has 2 aromatic carbocycles. The summed E-state index contributed by atoms with van der Waals surface area (Å²) in [6.45, 7) is 3.74. The number of morpholine rings is 1. The Morgan fingerprint density at radius 2 is 1.54 bits per heavy atom. The van der Waals surface area contributed by atoms with Gasteiger partial charge in [0.25, 0.3) is 0 Å². The molecule has 1 aliphatic heterocycles. The lowest BCUT2D eigenvalue weighted by molar-refractivity contribution is -0.137. The summed E-state index contributed by atoms with van der Waals surface area (Å²) >= 11 is 0. The molecule has 0 spiro atoms. The molecule has 0 aromatic heterocycles. The van der Waals surface area contributed by atoms with Crippen LogP contribution in [0.4, 0.5) is 24.5 Å². The maximum atomic E-state index is 12.5. The molecule has 1 heterocycles. The normalized spacial score (nSPS) is 15.4. The lowest BCUT2D eigenvalue weighted by Gasteiger charge is -2.28. The standard InChI is InChI=1S/C18H19F3N2O/c19-18(20,21)15-3-1-14(2-4-15)13-22-16-5-7-17(8-6-16)23-9-11-24-12-10-23/h1-8,22H,9-13H2. The first-order valence-corrected chi connectivity index (χ1v) is 7.85. The van der Waals surface area contributed by atoms with Gasteiger partial charge in [0.2, 0.25) is 0 Å². The Morgan fingerprint density at radius 1 is 0.917 bits per heavy atom. The van der Waals surface area contributed by atoms with Crippen molar-refractivity contribution in [3.05, 3.63) is 59.7 Å². The number of halogens is 3. The van der Waals surface area contributed by atoms with Crippen molar-refractivity contribution in [3.8, 4) is 0 Å². The number of nitrogens with one attached hydrogen (secondary N) is 1. The number of hydrogen-bond acceptors (Lipinski definition) is 3. The van der Waals surface area contributed by atoms with Crippen LogP contribution in [0.2, 0.25) is 0 Å². The molecular weight excluding hydrogens is 317 g/mol. The predicted molar refractivity (Wildman–Crippen MR) is 88.2 cm³/mol. The fraction of sp³-hybridized carbons (Fsp3) is 0.333. The summed E-state index contributed by atoms with van der Waals surface area (Å²) in [6, 6.07) is 13.3. The molecule has 0 aliphatic carbocycles. The lowest BCUT2D eigenvalue weighted by Crippen LogP contribution is -2.36. The largest absolute Gasteiger partial charge is 0.416 e. The van der Waals surface area contributed by atoms with E-state index in [4.69, 9.17) is 4.74 Å². The molecule has 0 atom stereocenters. The summed E-state index contributed by atoms with van der Waals surface area (Å²) in [7, 11) is 0. The van der Waals surface area contributed by atoms with Crippen molar-refractivity contribution in [2.75, 3.05) is 36.5 Å². The Labute approximate surface area is 139 Å². The van der Waals surface area contributed by atoms with Gasteiger partial charge in [-0.15, -0.1) is 0 Å². The highest BCUT2D eigenvalue weighted by molar-refractivity contribution is 5.55. The summed E-state index contributed by atoms with van der Waals surface area (Å²) in [4.78, 5) is 2.27. The average Bonchev–Trinajstić information content (AvgIpc) is 2.61. The molecule has 24 heavy (non-hydrogen) atoms. The molecule has 0 saturated carbocycles. The molecule has 1 aliphatic rings. The minimum absolute atomic E-state index is 0.481. The van der Waals surface area contributed by atoms with Crippen LogP contribution in [0.5, 0.6) is 0 Å². The first-order valence-electron chi connectivity index (χ1n) is 7.85. The van der Waals surface area contributed by atoms with E-state index in [9.17, 15) is 13.2 Å². The van der Waals surface area contributed by atoms with Crippen LogP contribution < -0.4 is 10.2 Å². The van der Waals surface area contributed by atoms with Gasteiger partial charge < -0.3 is 15.0 Å². The number of rotatable bonds is 4. The molecule has 0 bridgehead atoms. The molecule has 0 amide bonds. The smallest absolute Gasteiger partial charge is 0.381 e. The van der Waals surface area contributed by atoms with Gasteiger partial charge in [-0.2, -0.15) is 13.2 Å². The van der Waals surface area contributed by atoms with Crippen LogP contribution in [0, 0.1) is 0 Å². The quantitative estimate of drug-likeness (QED) is 0.908. The molecule has 6 heteroatoms. The van der Waals surface area contributed by atoms with Crippen molar-refractivity contribution in [2.24, 2.45) is 0 Å². The molecule has 2 aromatic rings. The third kappa shape index (κ3) is 4.20. The van der Waals surface area contributed by atoms with Crippen LogP contribution in [-0.2, 0) is 17.5 Å². The van der Waals surface area contributed by atoms with Crippen molar-refractivity contribution >= 4 is 11.4 Å². The van der Waals surface area contributed by atoms with Gasteiger partial charge in [0.15, 0.2) is 0 Å². The Hall–Kier alpha value is -2.21. The molecule has 3 rings (SSSR count). The third-order valence-electron chi connectivity index (χ3n) is 4.02. The number of anilines is 2. The van der Waals surface area contributed by atoms with Crippen molar-refractivity contribution in [1.29, 1.82) is 0 Å². The average molecular weight is 336 g/mol. The topological polar surface area (TPSA) is 24.5 Å². The van der Waals surface area contributed by atoms with Gasteiger partial charge in [-0.25, -0.2) is 0 Å². The zero-order chi connectivity index (χ0) is 17.0. The van der Waals surface area contributed by atoms with Crippen LogP contribution in [0.3, 0.4) is 0 Å². The molecule has 1 saturated heterocycles. The van der Waals surface area contributed by atoms with Gasteiger partial charge in [0.1, 0.15) is 0 Å². The van der Waals surface area contributed by atoms with Gasteiger partial charge in [-0.05, 0) is 42.0 Å². The highest BCUT2D eigenvalue weighted by atomic mass is 19.4. The van der Waals surface area contributed by atoms with Crippen LogP contribution in [0.25, 0.3) is 0 Å². The van der Waals surface area contributed by atoms with Crippen molar-refractivity contribution in [1.82, 2.24) is 0 Å². The SMILES string of the molecule is FC(F)(F)c1ccc(CNc2ccc(N3CCOCC3)cc2)cc1. The Kier molecular flexibility index (Phi) is 4.94. The minimum Gasteiger partial charge on any atom is -0.381 e. The van der Waals surface area contributed by atoms with E-state index in [0.29, 0.717) is 6.54 Å². The van der Waals surface area contributed by atoms with E-state index in [1.807, 2.05) is 24.3 Å². The first-order chi connectivity index (χ1) is 11.5. The van der Waals surface area contributed by atoms with E-state index in [1.54, 1.807) is 0 Å². The maximum absolute atomic E-state index is 12.5. The second-order valence-electron chi connectivity index (χ2n) is 5.69. The van der Waals surface area contributed by atoms with Crippen molar-refractivity contribution in [3.63, 3.8) is 0 Å². The van der Waals surface area contributed by atoms with E-state index in [-0.39, 0.29) is 0 Å². The van der Waals surface area contributed by atoms with Crippen LogP contribution in [-0.4, -0.2) is 26.3 Å². The van der Waals surface area contributed by atoms with Crippen LogP contribution in [0.1, 0.15) is 11.1 Å². The Morgan fingerprint density at radius 3 is 2.12 bits per heavy atom. The van der Waals surface area contributed by atoms with Crippen molar-refractivity contribution in [2.45, 2.75) is 12.7 Å². The molecular formula is C18H19F3N2O. The maximum Gasteiger partial charge on any atom is 0.416 e. The van der Waals surface area contributed by atoms with Gasteiger partial charge in [0, 0.05) is 31.0 Å². The van der Waals surface area contributed by atoms with Gasteiger partial charge in [0.05, 0.1) is 18.8 Å². The van der Waals surface area contributed by atoms with E-state index >= 15 is 0 Å². The number of hydrogen-bond donors (Lipinski definition) is 1. The van der Waals surface area contributed by atoms with Gasteiger partial charge in [-0.3, -0.25) is 0 Å². The first kappa shape index (κ1) is 16.6. The van der Waals surface area contributed by atoms with E-state index < -0.39 is 11.7 Å². The number of nitrogens with zero attached hydrogens (tertiary/aromatic N) is 1. The molecule has 128 valence electrons. The highest BCUT2D eigenvalue weighted by Crippen LogP contribution is 2.29. The fourth-order valence-electron chi connectivity index (χ4n) is 2.63. The van der Waals surface area contributed by atoms with Crippen LogP contribution >= 0.6 is 0 Å². The van der Waals surface area contributed by atoms with E-state index in [2.05, 4.69) is 10.2 Å². The third-order valence-corrected chi connectivity index (χ3v) is 4.02. The highest BCUT2D eigenvalue weighted by Gasteiger charge is 2.29. The van der Waals surface area contributed by atoms with Gasteiger partial charge in [-0.1, -0.05) is 12.1 Å². The fourth-order valence-corrected chi connectivity index (χ4v) is 2.63. The zero-order valence-electron chi connectivity index (χ0n) is 13.1. The molecule has 0 unspecified atom stereocenters. The molecule has 1 N–H and O–H groups in total. The van der Waals surface area contributed by atoms with Crippen LogP contribution in [0.15, 0.2) is 48.5 Å². The Bertz CT molecular complexity index is 647. The molecule has 1 fully saturated rings. The minimum atomic E-state index is -4.29. The number of benzene rings is 2. The van der Waals surface area contributed by atoms with Crippen molar-refractivity contribution < 1.29 is 17.9 Å². The number of alkyl halides is 3. The predicted octanol–water partition coefficient (Wildman–Crippen LogP) is 4.15. The monoisotopic (exact) mass is 336 g/mol. The summed E-state index contributed by atoms with van der Waals surface area (Å²) < 4.78 is 42.9. The summed E-state index contributed by atoms with van der Waals surface area (Å²) in [5.74, 6) is 0. The second-order valence-corrected chi connectivity index (χ2v) is 5.69. The summed E-state index contributed by atoms with van der Waals surface area (Å²) in [5.41, 5.74) is 2.27. The molecule has 0 radical (unpaired) electrons. The van der Waals surface area contributed by atoms with Gasteiger partial charge >= 0.3 is 6.18 Å². The number of ether oxygens (including phenoxy) is 1. The Balaban J connectivity index is 1.56. The lowest BCUT2D eigenvalue weighted by atomic mass is 10.1. The second kappa shape index (κ2) is 7.13. The van der Waals surface area contributed by atoms with E-state index in [1.165, 1.54) is 12.1 Å². The molecule has 3 nitrogen and oxygen atoms in total.